The molecule has 0 aliphatic heterocycles. The van der Waals surface area contributed by atoms with Crippen LogP contribution in [0.1, 0.15) is 25.0 Å². The van der Waals surface area contributed by atoms with Crippen molar-refractivity contribution < 1.29 is 9.90 Å². The minimum absolute atomic E-state index is 0.0419. The fourth-order valence-electron chi connectivity index (χ4n) is 1.28. The van der Waals surface area contributed by atoms with E-state index in [9.17, 15) is 9.90 Å². The molecular formula is C12H17NO2S. The van der Waals surface area contributed by atoms with Crippen molar-refractivity contribution in [2.75, 3.05) is 12.8 Å². The lowest BCUT2D eigenvalue weighted by atomic mass is 10.1. The number of benzene rings is 1. The van der Waals surface area contributed by atoms with E-state index in [2.05, 4.69) is 5.32 Å². The topological polar surface area (TPSA) is 49.3 Å². The highest BCUT2D eigenvalue weighted by atomic mass is 32.2. The van der Waals surface area contributed by atoms with Crippen LogP contribution in [-0.4, -0.2) is 23.8 Å². The molecule has 1 aromatic carbocycles. The number of nitrogens with one attached hydrogen (secondary N) is 1. The summed E-state index contributed by atoms with van der Waals surface area (Å²) < 4.78 is 0. The Labute approximate surface area is 100 Å². The van der Waals surface area contributed by atoms with Crippen LogP contribution in [0, 0.1) is 0 Å². The van der Waals surface area contributed by atoms with Crippen molar-refractivity contribution in [1.29, 1.82) is 0 Å². The van der Waals surface area contributed by atoms with E-state index < -0.39 is 6.10 Å². The van der Waals surface area contributed by atoms with E-state index in [1.807, 2.05) is 30.5 Å². The van der Waals surface area contributed by atoms with Gasteiger partial charge in [-0.1, -0.05) is 19.1 Å². The van der Waals surface area contributed by atoms with Gasteiger partial charge in [0, 0.05) is 17.9 Å². The van der Waals surface area contributed by atoms with Gasteiger partial charge in [0.05, 0.1) is 6.10 Å². The van der Waals surface area contributed by atoms with Crippen molar-refractivity contribution >= 4 is 17.7 Å². The van der Waals surface area contributed by atoms with Gasteiger partial charge in [-0.05, 0) is 24.0 Å². The predicted octanol–water partition coefficient (Wildman–Crippen LogP) is 1.97. The van der Waals surface area contributed by atoms with Crippen LogP contribution in [0.3, 0.4) is 0 Å². The summed E-state index contributed by atoms with van der Waals surface area (Å²) in [5, 5.41) is 12.5. The van der Waals surface area contributed by atoms with Crippen LogP contribution in [0.5, 0.6) is 0 Å². The maximum absolute atomic E-state index is 11.0. The Morgan fingerprint density at radius 2 is 2.06 bits per heavy atom. The lowest BCUT2D eigenvalue weighted by Gasteiger charge is -2.12. The van der Waals surface area contributed by atoms with Crippen molar-refractivity contribution in [3.63, 3.8) is 0 Å². The molecule has 4 heteroatoms. The van der Waals surface area contributed by atoms with Gasteiger partial charge in [-0.2, -0.15) is 0 Å². The van der Waals surface area contributed by atoms with Gasteiger partial charge in [-0.25, -0.2) is 0 Å². The Hall–Kier alpha value is -1.00. The van der Waals surface area contributed by atoms with Gasteiger partial charge >= 0.3 is 0 Å². The van der Waals surface area contributed by atoms with Gasteiger partial charge in [-0.15, -0.1) is 11.8 Å². The molecule has 0 aliphatic carbocycles. The zero-order valence-corrected chi connectivity index (χ0v) is 10.4. The zero-order valence-electron chi connectivity index (χ0n) is 9.56. The van der Waals surface area contributed by atoms with Crippen molar-refractivity contribution in [3.05, 3.63) is 29.8 Å². The Morgan fingerprint density at radius 3 is 2.56 bits per heavy atom. The first-order valence-electron chi connectivity index (χ1n) is 5.26. The van der Waals surface area contributed by atoms with E-state index in [1.165, 1.54) is 0 Å². The Balaban J connectivity index is 2.52. The second-order valence-electron chi connectivity index (χ2n) is 3.45. The van der Waals surface area contributed by atoms with Crippen LogP contribution in [-0.2, 0) is 4.79 Å². The lowest BCUT2D eigenvalue weighted by molar-refractivity contribution is -0.121. The van der Waals surface area contributed by atoms with Crippen LogP contribution >= 0.6 is 11.8 Å². The summed E-state index contributed by atoms with van der Waals surface area (Å²) in [6.45, 7) is 2.06. The van der Waals surface area contributed by atoms with Gasteiger partial charge in [-0.3, -0.25) is 4.79 Å². The molecule has 1 rings (SSSR count). The summed E-state index contributed by atoms with van der Waals surface area (Å²) in [5.41, 5.74) is 0.828. The number of rotatable bonds is 5. The zero-order chi connectivity index (χ0) is 12.0. The number of carbonyl (C=O) groups excluding carboxylic acids is 1. The van der Waals surface area contributed by atoms with Gasteiger partial charge in [0.15, 0.2) is 0 Å². The predicted molar refractivity (Wildman–Crippen MR) is 66.5 cm³/mol. The molecule has 1 amide bonds. The number of hydrogen-bond donors (Lipinski definition) is 2. The third-order valence-electron chi connectivity index (χ3n) is 2.31. The second-order valence-corrected chi connectivity index (χ2v) is 4.33. The minimum atomic E-state index is -0.633. The van der Waals surface area contributed by atoms with E-state index >= 15 is 0 Å². The number of aliphatic hydroxyl groups excluding tert-OH is 1. The fourth-order valence-corrected chi connectivity index (χ4v) is 1.69. The first-order chi connectivity index (χ1) is 7.67. The molecule has 0 heterocycles. The molecular weight excluding hydrogens is 222 g/mol. The molecule has 0 radical (unpaired) electrons. The highest BCUT2D eigenvalue weighted by Crippen LogP contribution is 2.18. The second kappa shape index (κ2) is 6.55. The van der Waals surface area contributed by atoms with E-state index in [0.29, 0.717) is 6.42 Å². The van der Waals surface area contributed by atoms with Crippen LogP contribution in [0.25, 0.3) is 0 Å². The third-order valence-corrected chi connectivity index (χ3v) is 3.06. The first-order valence-corrected chi connectivity index (χ1v) is 6.48. The molecule has 0 fully saturated rings. The first kappa shape index (κ1) is 13.1. The molecule has 0 aromatic heterocycles. The molecule has 1 atom stereocenters. The Bertz CT molecular complexity index is 337. The Morgan fingerprint density at radius 1 is 1.44 bits per heavy atom. The van der Waals surface area contributed by atoms with Crippen LogP contribution in [0.15, 0.2) is 29.2 Å². The van der Waals surface area contributed by atoms with E-state index in [4.69, 9.17) is 0 Å². The molecule has 0 aliphatic rings. The van der Waals surface area contributed by atoms with Crippen molar-refractivity contribution in [2.24, 2.45) is 0 Å². The molecule has 1 unspecified atom stereocenters. The molecule has 1 aromatic rings. The third kappa shape index (κ3) is 3.87. The summed E-state index contributed by atoms with van der Waals surface area (Å²) in [4.78, 5) is 12.2. The summed E-state index contributed by atoms with van der Waals surface area (Å²) in [7, 11) is 0. The summed E-state index contributed by atoms with van der Waals surface area (Å²) in [6, 6.07) is 7.69. The Kier molecular flexibility index (Phi) is 5.35. The fraction of sp³-hybridized carbons (Fsp3) is 0.417. The maximum Gasteiger partial charge on any atom is 0.219 e. The van der Waals surface area contributed by atoms with E-state index in [0.717, 1.165) is 10.5 Å². The van der Waals surface area contributed by atoms with E-state index in [-0.39, 0.29) is 12.5 Å². The summed E-state index contributed by atoms with van der Waals surface area (Å²) in [5.74, 6) is -0.0419. The van der Waals surface area contributed by atoms with Crippen molar-refractivity contribution in [1.82, 2.24) is 5.32 Å². The average molecular weight is 239 g/mol. The van der Waals surface area contributed by atoms with Crippen LogP contribution < -0.4 is 5.32 Å². The number of amides is 1. The van der Waals surface area contributed by atoms with Crippen LogP contribution in [0.4, 0.5) is 0 Å². The molecule has 0 saturated heterocycles. The molecule has 16 heavy (non-hydrogen) atoms. The quantitative estimate of drug-likeness (QED) is 0.772. The van der Waals surface area contributed by atoms with Crippen molar-refractivity contribution in [3.8, 4) is 0 Å². The van der Waals surface area contributed by atoms with Gasteiger partial charge in [0.2, 0.25) is 5.91 Å². The minimum Gasteiger partial charge on any atom is -0.387 e. The average Bonchev–Trinajstić information content (AvgIpc) is 2.35. The molecule has 3 nitrogen and oxygen atoms in total. The molecule has 0 saturated carbocycles. The molecule has 88 valence electrons. The number of carbonyl (C=O) groups is 1. The normalized spacial score (nSPS) is 12.2. The van der Waals surface area contributed by atoms with Crippen LogP contribution in [0.2, 0.25) is 0 Å². The van der Waals surface area contributed by atoms with Gasteiger partial charge in [0.1, 0.15) is 0 Å². The molecule has 0 bridgehead atoms. The van der Waals surface area contributed by atoms with Crippen molar-refractivity contribution in [2.45, 2.75) is 24.3 Å². The van der Waals surface area contributed by atoms with E-state index in [1.54, 1.807) is 18.7 Å². The number of aliphatic hydroxyl groups is 1. The number of thioether (sulfide) groups is 1. The lowest BCUT2D eigenvalue weighted by Crippen LogP contribution is -2.27. The highest BCUT2D eigenvalue weighted by molar-refractivity contribution is 7.98. The van der Waals surface area contributed by atoms with Gasteiger partial charge in [0.25, 0.3) is 0 Å². The highest BCUT2D eigenvalue weighted by Gasteiger charge is 2.08. The van der Waals surface area contributed by atoms with Gasteiger partial charge < -0.3 is 10.4 Å². The SMILES string of the molecule is CCC(=O)NCC(O)c1ccc(SC)cc1. The summed E-state index contributed by atoms with van der Waals surface area (Å²) in [6.07, 6.45) is 1.82. The molecule has 0 spiro atoms. The maximum atomic E-state index is 11.0. The largest absolute Gasteiger partial charge is 0.387 e. The monoisotopic (exact) mass is 239 g/mol. The molecule has 2 N–H and O–H groups in total. The standard InChI is InChI=1S/C12H17NO2S/c1-3-12(15)13-8-11(14)9-4-6-10(16-2)7-5-9/h4-7,11,14H,3,8H2,1-2H3,(H,13,15). The smallest absolute Gasteiger partial charge is 0.219 e. The summed E-state index contributed by atoms with van der Waals surface area (Å²) >= 11 is 1.66. The number of hydrogen-bond acceptors (Lipinski definition) is 3.